The number of carbonyl (C=O) groups excluding carboxylic acids is 1. The first kappa shape index (κ1) is 17.7. The first-order valence-electron chi connectivity index (χ1n) is 7.53. The summed E-state index contributed by atoms with van der Waals surface area (Å²) in [6, 6.07) is 5.75. The van der Waals surface area contributed by atoms with E-state index >= 15 is 0 Å². The fraction of sp³-hybridized carbons (Fsp3) is 0.500. The third-order valence-corrected chi connectivity index (χ3v) is 3.82. The fourth-order valence-corrected chi connectivity index (χ4v) is 2.71. The molecule has 2 atom stereocenters. The molecule has 0 bridgehead atoms. The van der Waals surface area contributed by atoms with Crippen molar-refractivity contribution in [2.75, 3.05) is 13.1 Å². The summed E-state index contributed by atoms with van der Waals surface area (Å²) in [5.41, 5.74) is -0.0759. The molecule has 24 heavy (non-hydrogen) atoms. The number of aliphatic carboxylic acids is 1. The van der Waals surface area contributed by atoms with Crippen LogP contribution in [0, 0.1) is 16.0 Å². The van der Waals surface area contributed by atoms with Crippen molar-refractivity contribution in [2.45, 2.75) is 32.3 Å². The smallest absolute Gasteiger partial charge is 0.410 e. The number of nitro groups is 1. The average Bonchev–Trinajstić information content (AvgIpc) is 2.91. The van der Waals surface area contributed by atoms with E-state index in [1.165, 1.54) is 29.2 Å². The molecule has 1 N–H and O–H groups in total. The number of carboxylic acid groups (broad SMARTS) is 1. The summed E-state index contributed by atoms with van der Waals surface area (Å²) in [4.78, 5) is 35.3. The van der Waals surface area contributed by atoms with E-state index in [1.54, 1.807) is 20.8 Å². The lowest BCUT2D eigenvalue weighted by Crippen LogP contribution is -2.35. The van der Waals surface area contributed by atoms with E-state index in [4.69, 9.17) is 4.74 Å². The molecule has 0 spiro atoms. The van der Waals surface area contributed by atoms with Gasteiger partial charge in [0.25, 0.3) is 5.69 Å². The maximum absolute atomic E-state index is 12.2. The van der Waals surface area contributed by atoms with Gasteiger partial charge in [-0.25, -0.2) is 4.79 Å². The summed E-state index contributed by atoms with van der Waals surface area (Å²) in [6.07, 6.45) is -0.557. The number of ether oxygens (including phenoxy) is 1. The van der Waals surface area contributed by atoms with Crippen LogP contribution in [0.4, 0.5) is 10.5 Å². The van der Waals surface area contributed by atoms with Crippen molar-refractivity contribution < 1.29 is 24.4 Å². The molecule has 1 heterocycles. The van der Waals surface area contributed by atoms with Crippen LogP contribution in [0.5, 0.6) is 0 Å². The van der Waals surface area contributed by atoms with Gasteiger partial charge in [-0.3, -0.25) is 14.9 Å². The predicted octanol–water partition coefficient (Wildman–Crippen LogP) is 2.63. The van der Waals surface area contributed by atoms with Crippen LogP contribution in [0.1, 0.15) is 32.3 Å². The second-order valence-corrected chi connectivity index (χ2v) is 6.79. The van der Waals surface area contributed by atoms with Crippen molar-refractivity contribution in [3.8, 4) is 0 Å². The molecular formula is C16H20N2O6. The Bertz CT molecular complexity index is 650. The highest BCUT2D eigenvalue weighted by atomic mass is 16.6. The second kappa shape index (κ2) is 6.46. The molecule has 1 aromatic rings. The molecule has 0 radical (unpaired) electrons. The number of carboxylic acids is 1. The van der Waals surface area contributed by atoms with E-state index in [2.05, 4.69) is 0 Å². The summed E-state index contributed by atoms with van der Waals surface area (Å²) in [7, 11) is 0. The van der Waals surface area contributed by atoms with Crippen molar-refractivity contribution in [1.29, 1.82) is 0 Å². The Balaban J connectivity index is 2.20. The van der Waals surface area contributed by atoms with E-state index in [0.29, 0.717) is 5.56 Å². The SMILES string of the molecule is CC(C)(C)OC(=O)N1C[C@H](C(=O)O)[C@H](c2ccc([N+](=O)[O-])cc2)C1. The van der Waals surface area contributed by atoms with Crippen molar-refractivity contribution in [3.05, 3.63) is 39.9 Å². The van der Waals surface area contributed by atoms with Crippen LogP contribution >= 0.6 is 0 Å². The first-order chi connectivity index (χ1) is 11.1. The first-order valence-corrected chi connectivity index (χ1v) is 7.53. The topological polar surface area (TPSA) is 110 Å². The number of amides is 1. The van der Waals surface area contributed by atoms with Crippen LogP contribution in [0.3, 0.4) is 0 Å². The monoisotopic (exact) mass is 336 g/mol. The van der Waals surface area contributed by atoms with E-state index < -0.39 is 34.4 Å². The Kier molecular flexibility index (Phi) is 4.77. The normalized spacial score (nSPS) is 20.7. The fourth-order valence-electron chi connectivity index (χ4n) is 2.71. The van der Waals surface area contributed by atoms with Gasteiger partial charge in [0.15, 0.2) is 0 Å². The molecule has 130 valence electrons. The molecule has 2 rings (SSSR count). The van der Waals surface area contributed by atoms with E-state index in [1.807, 2.05) is 0 Å². The maximum atomic E-state index is 12.2. The molecule has 0 saturated carbocycles. The number of nitrogens with zero attached hydrogens (tertiary/aromatic N) is 2. The Labute approximate surface area is 139 Å². The number of hydrogen-bond acceptors (Lipinski definition) is 5. The zero-order valence-corrected chi connectivity index (χ0v) is 13.8. The number of likely N-dealkylation sites (tertiary alicyclic amines) is 1. The molecule has 0 aliphatic carbocycles. The summed E-state index contributed by atoms with van der Waals surface area (Å²) in [5, 5.41) is 20.2. The minimum Gasteiger partial charge on any atom is -0.481 e. The van der Waals surface area contributed by atoms with E-state index in [-0.39, 0.29) is 18.8 Å². The molecular weight excluding hydrogens is 316 g/mol. The van der Waals surface area contributed by atoms with Crippen LogP contribution in [-0.4, -0.2) is 45.7 Å². The average molecular weight is 336 g/mol. The van der Waals surface area contributed by atoms with Crippen LogP contribution in [0.15, 0.2) is 24.3 Å². The van der Waals surface area contributed by atoms with E-state index in [9.17, 15) is 24.8 Å². The molecule has 0 aromatic heterocycles. The van der Waals surface area contributed by atoms with Gasteiger partial charge in [0.05, 0.1) is 10.8 Å². The van der Waals surface area contributed by atoms with Gasteiger partial charge in [0, 0.05) is 31.1 Å². The molecule has 1 amide bonds. The second-order valence-electron chi connectivity index (χ2n) is 6.79. The maximum Gasteiger partial charge on any atom is 0.410 e. The summed E-state index contributed by atoms with van der Waals surface area (Å²) >= 11 is 0. The molecule has 1 saturated heterocycles. The minimum atomic E-state index is -1.01. The number of benzene rings is 1. The molecule has 1 aliphatic heterocycles. The Hall–Kier alpha value is -2.64. The Morgan fingerprint density at radius 2 is 1.83 bits per heavy atom. The van der Waals surface area contributed by atoms with Crippen molar-refractivity contribution >= 4 is 17.7 Å². The van der Waals surface area contributed by atoms with Gasteiger partial charge in [-0.1, -0.05) is 12.1 Å². The number of nitro benzene ring substituents is 1. The lowest BCUT2D eigenvalue weighted by atomic mass is 9.89. The van der Waals surface area contributed by atoms with E-state index in [0.717, 1.165) is 0 Å². The number of non-ortho nitro benzene ring substituents is 1. The number of hydrogen-bond donors (Lipinski definition) is 1. The van der Waals surface area contributed by atoms with Gasteiger partial charge >= 0.3 is 12.1 Å². The predicted molar refractivity (Wildman–Crippen MR) is 84.8 cm³/mol. The lowest BCUT2D eigenvalue weighted by molar-refractivity contribution is -0.384. The quantitative estimate of drug-likeness (QED) is 0.671. The summed E-state index contributed by atoms with van der Waals surface area (Å²) < 4.78 is 5.29. The Morgan fingerprint density at radius 1 is 1.25 bits per heavy atom. The van der Waals surface area contributed by atoms with Crippen molar-refractivity contribution in [1.82, 2.24) is 4.90 Å². The van der Waals surface area contributed by atoms with Gasteiger partial charge in [0.2, 0.25) is 0 Å². The number of carbonyl (C=O) groups is 2. The number of rotatable bonds is 3. The zero-order chi connectivity index (χ0) is 18.1. The van der Waals surface area contributed by atoms with Gasteiger partial charge < -0.3 is 14.7 Å². The summed E-state index contributed by atoms with van der Waals surface area (Å²) in [6.45, 7) is 5.46. The van der Waals surface area contributed by atoms with Crippen molar-refractivity contribution in [3.63, 3.8) is 0 Å². The molecule has 8 heteroatoms. The van der Waals surface area contributed by atoms with Gasteiger partial charge in [0.1, 0.15) is 5.60 Å². The lowest BCUT2D eigenvalue weighted by Gasteiger charge is -2.24. The molecule has 1 aliphatic rings. The van der Waals surface area contributed by atoms with Gasteiger partial charge in [-0.15, -0.1) is 0 Å². The van der Waals surface area contributed by atoms with Crippen LogP contribution < -0.4 is 0 Å². The van der Waals surface area contributed by atoms with Gasteiger partial charge in [-0.05, 0) is 26.3 Å². The summed E-state index contributed by atoms with van der Waals surface area (Å²) in [5.74, 6) is -2.22. The molecule has 8 nitrogen and oxygen atoms in total. The van der Waals surface area contributed by atoms with Crippen LogP contribution in [0.2, 0.25) is 0 Å². The third kappa shape index (κ3) is 4.01. The largest absolute Gasteiger partial charge is 0.481 e. The zero-order valence-electron chi connectivity index (χ0n) is 13.8. The highest BCUT2D eigenvalue weighted by molar-refractivity contribution is 5.76. The molecule has 1 fully saturated rings. The standard InChI is InChI=1S/C16H20N2O6/c1-16(2,3)24-15(21)17-8-12(13(9-17)14(19)20)10-4-6-11(7-5-10)18(22)23/h4-7,12-13H,8-9H2,1-3H3,(H,19,20)/t12-,13-/m0/s1. The van der Waals surface area contributed by atoms with Gasteiger partial charge in [-0.2, -0.15) is 0 Å². The molecule has 1 aromatic carbocycles. The molecule has 0 unspecified atom stereocenters. The third-order valence-electron chi connectivity index (χ3n) is 3.82. The minimum absolute atomic E-state index is 0.0475. The highest BCUT2D eigenvalue weighted by Gasteiger charge is 2.41. The van der Waals surface area contributed by atoms with Crippen LogP contribution in [-0.2, 0) is 9.53 Å². The highest BCUT2D eigenvalue weighted by Crippen LogP contribution is 2.34. The Morgan fingerprint density at radius 3 is 2.29 bits per heavy atom. The van der Waals surface area contributed by atoms with Crippen molar-refractivity contribution in [2.24, 2.45) is 5.92 Å². The van der Waals surface area contributed by atoms with Crippen LogP contribution in [0.25, 0.3) is 0 Å².